The minimum Gasteiger partial charge on any atom is -0.413 e. The van der Waals surface area contributed by atoms with Gasteiger partial charge in [-0.3, -0.25) is 9.59 Å². The standard InChI is InChI=1S/C27H32NO3SSi.C5H5.Fe/c1-17(31-33(5,6)27(2,3)4)23-24(29)28-25(23)32-26(30)22-14-13-20-15-19(11-12-21(20)16-22)18-9-7-8-10-18;1-2-4-5-3-1;/h7-17,23,25H,1-6H3,(H,28,29);1-5H;/q;;+2/t17-,23+,25-;;/m1../s1. The second kappa shape index (κ2) is 13.7. The number of fused-ring (bicyclic) bond motifs is 1. The molecule has 5 rings (SSSR count). The van der Waals surface area contributed by atoms with Crippen LogP contribution in [0, 0.1) is 69.6 Å². The van der Waals surface area contributed by atoms with Gasteiger partial charge in [0.2, 0.25) is 11.0 Å². The third kappa shape index (κ3) is 8.01. The molecule has 204 valence electrons. The first-order valence-corrected chi connectivity index (χ1v) is 16.9. The van der Waals surface area contributed by atoms with Crippen LogP contribution >= 0.6 is 11.8 Å². The quantitative estimate of drug-likeness (QED) is 0.288. The molecule has 4 nitrogen and oxygen atoms in total. The number of nitrogens with one attached hydrogen (secondary N) is 1. The summed E-state index contributed by atoms with van der Waals surface area (Å²) < 4.78 is 6.45. The third-order valence-electron chi connectivity index (χ3n) is 7.57. The first-order valence-electron chi connectivity index (χ1n) is 13.1. The molecular weight excluding hydrogens is 562 g/mol. The number of thioether (sulfide) groups is 1. The Labute approximate surface area is 251 Å². The Kier molecular flexibility index (Phi) is 11.4. The number of β-lactam (4-membered cyclic amide) rings is 1. The molecule has 3 aliphatic rings. The molecule has 1 amide bonds. The molecule has 10 radical (unpaired) electrons. The second-order valence-corrected chi connectivity index (χ2v) is 17.2. The van der Waals surface area contributed by atoms with Crippen molar-refractivity contribution in [2.24, 2.45) is 5.92 Å². The Hall–Kier alpha value is -1.11. The first-order chi connectivity index (χ1) is 18.0. The largest absolute Gasteiger partial charge is 2.00 e. The van der Waals surface area contributed by atoms with E-state index in [0.717, 1.165) is 16.3 Å². The van der Waals surface area contributed by atoms with Gasteiger partial charge in [0, 0.05) is 11.5 Å². The fourth-order valence-electron chi connectivity index (χ4n) is 4.27. The molecule has 39 heavy (non-hydrogen) atoms. The van der Waals surface area contributed by atoms with Crippen LogP contribution in [0.4, 0.5) is 0 Å². The van der Waals surface area contributed by atoms with Gasteiger partial charge < -0.3 is 9.74 Å². The van der Waals surface area contributed by atoms with Crippen LogP contribution < -0.4 is 5.32 Å². The molecule has 0 bridgehead atoms. The summed E-state index contributed by atoms with van der Waals surface area (Å²) >= 11 is 1.19. The zero-order valence-electron chi connectivity index (χ0n) is 23.4. The van der Waals surface area contributed by atoms with Gasteiger partial charge in [-0.25, -0.2) is 0 Å². The van der Waals surface area contributed by atoms with E-state index in [1.54, 1.807) is 0 Å². The van der Waals surface area contributed by atoms with E-state index in [4.69, 9.17) is 4.43 Å². The van der Waals surface area contributed by atoms with E-state index in [1.165, 1.54) is 17.7 Å². The van der Waals surface area contributed by atoms with Gasteiger partial charge in [0.15, 0.2) is 8.32 Å². The molecule has 1 N–H and O–H groups in total. The Morgan fingerprint density at radius 2 is 1.49 bits per heavy atom. The number of carbonyl (C=O) groups is 2. The topological polar surface area (TPSA) is 55.4 Å². The minimum absolute atomic E-state index is 0. The molecule has 1 aliphatic heterocycles. The van der Waals surface area contributed by atoms with Gasteiger partial charge in [0.25, 0.3) is 0 Å². The minimum atomic E-state index is -2.01. The van der Waals surface area contributed by atoms with Gasteiger partial charge in [-0.2, -0.15) is 0 Å². The summed E-state index contributed by atoms with van der Waals surface area (Å²) in [6, 6.07) is 12.1. The van der Waals surface area contributed by atoms with Gasteiger partial charge in [-0.1, -0.05) is 56.8 Å². The molecule has 3 atom stereocenters. The van der Waals surface area contributed by atoms with Gasteiger partial charge in [0.05, 0.1) is 17.4 Å². The normalized spacial score (nSPS) is 22.4. The van der Waals surface area contributed by atoms with E-state index >= 15 is 0 Å². The molecule has 2 aliphatic carbocycles. The molecular formula is C32H37FeNO3SSi+2. The van der Waals surface area contributed by atoms with E-state index in [0.29, 0.717) is 5.56 Å². The molecule has 0 aromatic heterocycles. The van der Waals surface area contributed by atoms with Crippen LogP contribution in [-0.2, 0) is 26.3 Å². The van der Waals surface area contributed by atoms with E-state index in [1.807, 2.05) is 70.1 Å². The maximum Gasteiger partial charge on any atom is 2.00 e. The van der Waals surface area contributed by atoms with Crippen LogP contribution in [0.2, 0.25) is 18.1 Å². The predicted molar refractivity (Wildman–Crippen MR) is 160 cm³/mol. The Balaban J connectivity index is 0.000000630. The van der Waals surface area contributed by atoms with Crippen molar-refractivity contribution in [2.45, 2.75) is 57.3 Å². The van der Waals surface area contributed by atoms with Crippen molar-refractivity contribution >= 4 is 41.9 Å². The number of benzene rings is 2. The molecule has 7 heteroatoms. The van der Waals surface area contributed by atoms with E-state index < -0.39 is 8.32 Å². The number of carbonyl (C=O) groups excluding carboxylic acids is 2. The summed E-state index contributed by atoms with van der Waals surface area (Å²) in [7, 11) is -2.01. The van der Waals surface area contributed by atoms with Crippen LogP contribution in [0.15, 0.2) is 36.4 Å². The van der Waals surface area contributed by atoms with Gasteiger partial charge in [0.1, 0.15) is 0 Å². The van der Waals surface area contributed by atoms with Crippen molar-refractivity contribution in [3.05, 3.63) is 111 Å². The van der Waals surface area contributed by atoms with Gasteiger partial charge in [-0.05, 0) is 111 Å². The van der Waals surface area contributed by atoms with E-state index in [-0.39, 0.29) is 50.5 Å². The summed E-state index contributed by atoms with van der Waals surface area (Å²) in [5.41, 5.74) is 1.81. The van der Waals surface area contributed by atoms with Crippen LogP contribution in [0.25, 0.3) is 10.8 Å². The van der Waals surface area contributed by atoms with E-state index in [2.05, 4.69) is 70.2 Å². The van der Waals surface area contributed by atoms with Crippen molar-refractivity contribution in [3.8, 4) is 0 Å². The maximum absolute atomic E-state index is 13.0. The second-order valence-electron chi connectivity index (χ2n) is 11.4. The Morgan fingerprint density at radius 1 is 0.923 bits per heavy atom. The molecule has 0 unspecified atom stereocenters. The van der Waals surface area contributed by atoms with Crippen LogP contribution in [0.1, 0.15) is 43.6 Å². The molecule has 1 heterocycles. The fraction of sp³-hybridized carbons (Fsp3) is 0.312. The monoisotopic (exact) mass is 599 g/mol. The van der Waals surface area contributed by atoms with Gasteiger partial charge >= 0.3 is 17.1 Å². The zero-order chi connectivity index (χ0) is 27.5. The summed E-state index contributed by atoms with van der Waals surface area (Å²) in [5.74, 6) is 0.833. The van der Waals surface area contributed by atoms with Crippen LogP contribution in [-0.4, -0.2) is 30.8 Å². The summed E-state index contributed by atoms with van der Waals surface area (Å²) in [6.07, 6.45) is 18.0. The molecule has 1 saturated heterocycles. The van der Waals surface area contributed by atoms with Crippen molar-refractivity contribution in [3.63, 3.8) is 0 Å². The molecule has 0 spiro atoms. The number of rotatable bonds is 6. The van der Waals surface area contributed by atoms with Crippen molar-refractivity contribution in [2.75, 3.05) is 0 Å². The Morgan fingerprint density at radius 3 is 2.05 bits per heavy atom. The number of hydrogen-bond donors (Lipinski definition) is 1. The van der Waals surface area contributed by atoms with Crippen molar-refractivity contribution in [1.82, 2.24) is 5.32 Å². The van der Waals surface area contributed by atoms with Crippen LogP contribution in [0.5, 0.6) is 0 Å². The summed E-state index contributed by atoms with van der Waals surface area (Å²) in [4.78, 5) is 25.4. The van der Waals surface area contributed by atoms with E-state index in [9.17, 15) is 9.59 Å². The first kappa shape index (κ1) is 32.4. The van der Waals surface area contributed by atoms with Gasteiger partial charge in [-0.15, -0.1) is 0 Å². The number of amides is 1. The molecule has 3 fully saturated rings. The average molecular weight is 600 g/mol. The molecule has 2 aromatic carbocycles. The molecule has 2 aromatic rings. The van der Waals surface area contributed by atoms with Crippen LogP contribution in [0.3, 0.4) is 0 Å². The smallest absolute Gasteiger partial charge is 0.413 e. The zero-order valence-corrected chi connectivity index (χ0v) is 26.3. The Bertz CT molecular complexity index is 1130. The predicted octanol–water partition coefficient (Wildman–Crippen LogP) is 6.97. The fourth-order valence-corrected chi connectivity index (χ4v) is 6.86. The van der Waals surface area contributed by atoms with Crippen molar-refractivity contribution in [1.29, 1.82) is 0 Å². The summed E-state index contributed by atoms with van der Waals surface area (Å²) in [6.45, 7) is 12.9. The van der Waals surface area contributed by atoms with Crippen molar-refractivity contribution < 1.29 is 31.1 Å². The summed E-state index contributed by atoms with van der Waals surface area (Å²) in [5, 5.41) is 4.79. The number of hydrogen-bond acceptors (Lipinski definition) is 4. The SMILES string of the molecule is C[C@@H](O[Si](C)(C)C(C)(C)C)[C@H]1C(=O)N[C@@H]1SC(=O)c1ccc2cc([C]3[CH][CH][CH][CH]3)ccc2c1.[CH]1[CH][CH][CH][CH]1.[Fe+2]. The molecule has 2 saturated carbocycles. The average Bonchev–Trinajstić information content (AvgIpc) is 3.59. The third-order valence-corrected chi connectivity index (χ3v) is 13.3. The maximum atomic E-state index is 13.0.